The van der Waals surface area contributed by atoms with Crippen molar-refractivity contribution >= 4 is 5.91 Å². The monoisotopic (exact) mass is 343 g/mol. The molecule has 0 unspecified atom stereocenters. The smallest absolute Gasteiger partial charge is 0.254 e. The normalized spacial score (nSPS) is 15.6. The van der Waals surface area contributed by atoms with Crippen LogP contribution in [0.1, 0.15) is 38.5 Å². The van der Waals surface area contributed by atoms with Crippen LogP contribution in [0.3, 0.4) is 0 Å². The molecule has 1 N–H and O–H groups in total. The molecule has 0 radical (unpaired) electrons. The number of hydrogen-bond donors (Lipinski definition) is 1. The predicted molar refractivity (Wildman–Crippen MR) is 93.5 cm³/mol. The van der Waals surface area contributed by atoms with Gasteiger partial charge in [-0.05, 0) is 37.1 Å². The molecule has 1 aliphatic rings. The van der Waals surface area contributed by atoms with Gasteiger partial charge in [0.25, 0.3) is 5.56 Å². The molecule has 25 heavy (non-hydrogen) atoms. The topological polar surface area (TPSA) is 64.0 Å². The zero-order valence-electron chi connectivity index (χ0n) is 14.1. The lowest BCUT2D eigenvalue weighted by Crippen LogP contribution is -2.38. The SMILES string of the molecule is O=C(Cn1cnc(-c2ccc(F)cc2)cc1=O)NC1CCCCCC1. The summed E-state index contributed by atoms with van der Waals surface area (Å²) in [5.74, 6) is -0.502. The van der Waals surface area contributed by atoms with Crippen LogP contribution in [0.4, 0.5) is 4.39 Å². The van der Waals surface area contributed by atoms with E-state index >= 15 is 0 Å². The Labute approximate surface area is 145 Å². The molecule has 1 heterocycles. The molecule has 0 aliphatic heterocycles. The third-order valence-corrected chi connectivity index (χ3v) is 4.55. The maximum atomic E-state index is 13.0. The highest BCUT2D eigenvalue weighted by Crippen LogP contribution is 2.17. The predicted octanol–water partition coefficient (Wildman–Crippen LogP) is 2.89. The second-order valence-corrected chi connectivity index (χ2v) is 6.50. The number of carbonyl (C=O) groups is 1. The van der Waals surface area contributed by atoms with Gasteiger partial charge in [0.15, 0.2) is 0 Å². The van der Waals surface area contributed by atoms with Gasteiger partial charge in [-0.3, -0.25) is 14.2 Å². The maximum absolute atomic E-state index is 13.0. The van der Waals surface area contributed by atoms with E-state index in [1.54, 1.807) is 12.1 Å². The van der Waals surface area contributed by atoms with Crippen molar-refractivity contribution in [3.05, 3.63) is 52.8 Å². The summed E-state index contributed by atoms with van der Waals surface area (Å²) in [4.78, 5) is 28.6. The van der Waals surface area contributed by atoms with E-state index in [2.05, 4.69) is 10.3 Å². The van der Waals surface area contributed by atoms with E-state index in [0.717, 1.165) is 25.7 Å². The molecule has 2 aromatic rings. The van der Waals surface area contributed by atoms with Crippen LogP contribution < -0.4 is 10.9 Å². The summed E-state index contributed by atoms with van der Waals surface area (Å²) >= 11 is 0. The fourth-order valence-corrected chi connectivity index (χ4v) is 3.17. The van der Waals surface area contributed by atoms with Crippen LogP contribution in [0.15, 0.2) is 41.5 Å². The van der Waals surface area contributed by atoms with Gasteiger partial charge in [-0.25, -0.2) is 9.37 Å². The number of hydrogen-bond acceptors (Lipinski definition) is 3. The third-order valence-electron chi connectivity index (χ3n) is 4.55. The van der Waals surface area contributed by atoms with E-state index in [4.69, 9.17) is 0 Å². The number of aromatic nitrogens is 2. The Hall–Kier alpha value is -2.50. The summed E-state index contributed by atoms with van der Waals surface area (Å²) in [7, 11) is 0. The molecular weight excluding hydrogens is 321 g/mol. The average Bonchev–Trinajstić information content (AvgIpc) is 2.86. The second-order valence-electron chi connectivity index (χ2n) is 6.50. The Morgan fingerprint density at radius 3 is 2.48 bits per heavy atom. The molecule has 6 heteroatoms. The average molecular weight is 343 g/mol. The maximum Gasteiger partial charge on any atom is 0.254 e. The molecule has 1 aromatic heterocycles. The molecule has 5 nitrogen and oxygen atoms in total. The van der Waals surface area contributed by atoms with Gasteiger partial charge >= 0.3 is 0 Å². The molecule has 1 aromatic carbocycles. The Kier molecular flexibility index (Phi) is 5.58. The summed E-state index contributed by atoms with van der Waals surface area (Å²) in [5, 5.41) is 3.02. The van der Waals surface area contributed by atoms with Crippen LogP contribution in [-0.2, 0) is 11.3 Å². The largest absolute Gasteiger partial charge is 0.352 e. The Balaban J connectivity index is 1.65. The van der Waals surface area contributed by atoms with Crippen molar-refractivity contribution in [2.24, 2.45) is 0 Å². The lowest BCUT2D eigenvalue weighted by Gasteiger charge is -2.16. The van der Waals surface area contributed by atoms with Crippen molar-refractivity contribution in [1.82, 2.24) is 14.9 Å². The van der Waals surface area contributed by atoms with E-state index in [0.29, 0.717) is 11.3 Å². The molecule has 1 saturated carbocycles. The van der Waals surface area contributed by atoms with Crippen molar-refractivity contribution in [3.63, 3.8) is 0 Å². The van der Waals surface area contributed by atoms with Gasteiger partial charge in [-0.2, -0.15) is 0 Å². The molecule has 1 aliphatic carbocycles. The lowest BCUT2D eigenvalue weighted by atomic mass is 10.1. The van der Waals surface area contributed by atoms with E-state index in [-0.39, 0.29) is 29.9 Å². The molecule has 0 saturated heterocycles. The zero-order valence-corrected chi connectivity index (χ0v) is 14.1. The highest BCUT2D eigenvalue weighted by atomic mass is 19.1. The summed E-state index contributed by atoms with van der Waals surface area (Å²) in [6.45, 7) is -0.0357. The fourth-order valence-electron chi connectivity index (χ4n) is 3.17. The van der Waals surface area contributed by atoms with Gasteiger partial charge < -0.3 is 5.32 Å². The summed E-state index contributed by atoms with van der Waals surface area (Å²) in [6.07, 6.45) is 8.09. The summed E-state index contributed by atoms with van der Waals surface area (Å²) < 4.78 is 14.3. The Morgan fingerprint density at radius 1 is 1.16 bits per heavy atom. The number of halogens is 1. The molecule has 0 atom stereocenters. The van der Waals surface area contributed by atoms with Gasteiger partial charge in [0, 0.05) is 17.7 Å². The lowest BCUT2D eigenvalue weighted by molar-refractivity contribution is -0.122. The number of benzene rings is 1. The van der Waals surface area contributed by atoms with Crippen molar-refractivity contribution < 1.29 is 9.18 Å². The van der Waals surface area contributed by atoms with Crippen molar-refractivity contribution in [1.29, 1.82) is 0 Å². The van der Waals surface area contributed by atoms with Crippen molar-refractivity contribution in [2.45, 2.75) is 51.1 Å². The first kappa shape index (κ1) is 17.3. The van der Waals surface area contributed by atoms with Gasteiger partial charge in [-0.15, -0.1) is 0 Å². The first-order chi connectivity index (χ1) is 12.1. The Bertz CT molecular complexity index is 778. The summed E-state index contributed by atoms with van der Waals surface area (Å²) in [6, 6.07) is 7.36. The van der Waals surface area contributed by atoms with Crippen LogP contribution in [0.25, 0.3) is 11.3 Å². The molecule has 1 amide bonds. The molecule has 1 fully saturated rings. The molecule has 3 rings (SSSR count). The van der Waals surface area contributed by atoms with E-state index in [1.165, 1.54) is 41.9 Å². The number of rotatable bonds is 4. The van der Waals surface area contributed by atoms with Crippen molar-refractivity contribution in [2.75, 3.05) is 0 Å². The van der Waals surface area contributed by atoms with Crippen LogP contribution in [-0.4, -0.2) is 21.5 Å². The minimum absolute atomic E-state index is 0.0357. The number of carbonyl (C=O) groups excluding carboxylic acids is 1. The number of nitrogens with one attached hydrogen (secondary N) is 1. The minimum atomic E-state index is -0.340. The van der Waals surface area contributed by atoms with E-state index < -0.39 is 0 Å². The molecule has 0 bridgehead atoms. The highest BCUT2D eigenvalue weighted by Gasteiger charge is 2.15. The molecule has 132 valence electrons. The van der Waals surface area contributed by atoms with Crippen LogP contribution in [0, 0.1) is 5.82 Å². The highest BCUT2D eigenvalue weighted by molar-refractivity contribution is 5.76. The fraction of sp³-hybridized carbons (Fsp3) is 0.421. The molecular formula is C19H22FN3O2. The standard InChI is InChI=1S/C19H22FN3O2/c20-15-9-7-14(8-10-15)17-11-19(25)23(13-21-17)12-18(24)22-16-5-3-1-2-4-6-16/h7-11,13,16H,1-6,12H2,(H,22,24). The zero-order chi connectivity index (χ0) is 17.6. The number of amides is 1. The van der Waals surface area contributed by atoms with Gasteiger partial charge in [0.05, 0.1) is 12.0 Å². The van der Waals surface area contributed by atoms with Gasteiger partial charge in [0.1, 0.15) is 12.4 Å². The Morgan fingerprint density at radius 2 is 1.84 bits per heavy atom. The van der Waals surface area contributed by atoms with E-state index in [1.807, 2.05) is 0 Å². The first-order valence-electron chi connectivity index (χ1n) is 8.73. The van der Waals surface area contributed by atoms with Crippen LogP contribution in [0.2, 0.25) is 0 Å². The van der Waals surface area contributed by atoms with Crippen molar-refractivity contribution in [3.8, 4) is 11.3 Å². The second kappa shape index (κ2) is 8.05. The third kappa shape index (κ3) is 4.75. The number of nitrogens with zero attached hydrogens (tertiary/aromatic N) is 2. The quantitative estimate of drug-likeness (QED) is 0.868. The van der Waals surface area contributed by atoms with Gasteiger partial charge in [-0.1, -0.05) is 25.7 Å². The van der Waals surface area contributed by atoms with E-state index in [9.17, 15) is 14.0 Å². The van der Waals surface area contributed by atoms with Gasteiger partial charge in [0.2, 0.25) is 5.91 Å². The summed E-state index contributed by atoms with van der Waals surface area (Å²) in [5.41, 5.74) is 0.823. The van der Waals surface area contributed by atoms with Crippen LogP contribution >= 0.6 is 0 Å². The molecule has 0 spiro atoms. The van der Waals surface area contributed by atoms with Crippen LogP contribution in [0.5, 0.6) is 0 Å². The minimum Gasteiger partial charge on any atom is -0.352 e. The first-order valence-corrected chi connectivity index (χ1v) is 8.73.